The van der Waals surface area contributed by atoms with Crippen LogP contribution >= 0.6 is 0 Å². The molecular weight excluding hydrogens is 777 g/mol. The Morgan fingerprint density at radius 1 is 0.656 bits per heavy atom. The Hall–Kier alpha value is -7.77. The summed E-state index contributed by atoms with van der Waals surface area (Å²) in [4.78, 5) is 4.69. The van der Waals surface area contributed by atoms with Crippen molar-refractivity contribution in [3.63, 3.8) is 0 Å². The second-order valence-electron chi connectivity index (χ2n) is 15.9. The topological polar surface area (TPSA) is 51.5 Å². The zero-order chi connectivity index (χ0) is 44.3. The average Bonchev–Trinajstić information content (AvgIpc) is 3.73. The highest BCUT2D eigenvalue weighted by atomic mass is 16.3. The number of para-hydroxylation sites is 2. The van der Waals surface area contributed by atoms with Crippen molar-refractivity contribution < 1.29 is 4.42 Å². The molecule has 3 heteroatoms. The molecule has 9 rings (SSSR count). The van der Waals surface area contributed by atoms with Gasteiger partial charge in [0.25, 0.3) is 0 Å². The third kappa shape index (κ3) is 9.64. The van der Waals surface area contributed by atoms with E-state index in [1.807, 2.05) is 55.6 Å². The fraction of sp³-hybridized carbons (Fsp3) is 0.0984. The summed E-state index contributed by atoms with van der Waals surface area (Å²) in [6.45, 7) is 6.75. The average molecular weight is 829 g/mol. The fourth-order valence-corrected chi connectivity index (χ4v) is 8.35. The molecule has 0 atom stereocenters. The molecule has 1 aromatic heterocycles. The van der Waals surface area contributed by atoms with Crippen molar-refractivity contribution in [2.75, 3.05) is 6.54 Å². The lowest BCUT2D eigenvalue weighted by atomic mass is 9.91. The molecule has 0 aliphatic carbocycles. The Labute approximate surface area is 377 Å². The Morgan fingerprint density at radius 2 is 1.28 bits per heavy atom. The van der Waals surface area contributed by atoms with Gasteiger partial charge in [-0.05, 0) is 117 Å². The van der Waals surface area contributed by atoms with E-state index >= 15 is 0 Å². The number of nitrogens with zero attached hydrogens (tertiary/aromatic N) is 1. The van der Waals surface area contributed by atoms with Crippen LogP contribution in [0, 0.1) is 19.3 Å². The molecule has 0 aliphatic rings. The van der Waals surface area contributed by atoms with Crippen LogP contribution in [0.4, 0.5) is 0 Å². The lowest BCUT2D eigenvalue weighted by molar-refractivity contribution is 0.670. The maximum Gasteiger partial charge on any atom is 0.143 e. The van der Waals surface area contributed by atoms with Gasteiger partial charge in [0.05, 0.1) is 0 Å². The molecule has 64 heavy (non-hydrogen) atoms. The second-order valence-corrected chi connectivity index (χ2v) is 15.9. The van der Waals surface area contributed by atoms with Crippen molar-refractivity contribution >= 4 is 61.3 Å². The molecule has 8 aromatic carbocycles. The van der Waals surface area contributed by atoms with Crippen LogP contribution in [-0.2, 0) is 6.42 Å². The molecule has 3 nitrogen and oxygen atoms in total. The molecule has 2 N–H and O–H groups in total. The number of nitrogens with two attached hydrogens (primary N) is 1. The molecule has 0 spiro atoms. The van der Waals surface area contributed by atoms with Gasteiger partial charge in [-0.2, -0.15) is 0 Å². The van der Waals surface area contributed by atoms with Crippen molar-refractivity contribution in [2.45, 2.75) is 33.6 Å². The number of benzene rings is 8. The van der Waals surface area contributed by atoms with Crippen LogP contribution in [-0.4, -0.2) is 12.3 Å². The molecule has 0 bridgehead atoms. The molecule has 0 saturated carbocycles. The lowest BCUT2D eigenvalue weighted by Gasteiger charge is -2.13. The number of hydrogen-bond acceptors (Lipinski definition) is 3. The Kier molecular flexibility index (Phi) is 13.7. The molecule has 0 saturated heterocycles. The van der Waals surface area contributed by atoms with Crippen LogP contribution in [0.1, 0.15) is 48.1 Å². The fourth-order valence-electron chi connectivity index (χ4n) is 8.35. The number of aryl methyl sites for hydroxylation is 1. The van der Waals surface area contributed by atoms with E-state index in [0.717, 1.165) is 56.3 Å². The van der Waals surface area contributed by atoms with E-state index in [1.54, 1.807) is 0 Å². The summed E-state index contributed by atoms with van der Waals surface area (Å²) in [5.74, 6) is 2.64. The molecule has 9 aromatic rings. The number of rotatable bonds is 11. The van der Waals surface area contributed by atoms with Gasteiger partial charge in [0.1, 0.15) is 11.2 Å². The molecule has 0 radical (unpaired) electrons. The van der Waals surface area contributed by atoms with E-state index in [1.165, 1.54) is 54.9 Å². The normalized spacial score (nSPS) is 12.2. The van der Waals surface area contributed by atoms with Crippen LogP contribution in [0.2, 0.25) is 0 Å². The predicted molar refractivity (Wildman–Crippen MR) is 277 cm³/mol. The Bertz CT molecular complexity index is 3280. The minimum atomic E-state index is 0.493. The smallest absolute Gasteiger partial charge is 0.143 e. The summed E-state index contributed by atoms with van der Waals surface area (Å²) >= 11 is 0. The van der Waals surface area contributed by atoms with Gasteiger partial charge < -0.3 is 10.2 Å². The van der Waals surface area contributed by atoms with Crippen LogP contribution in [0.25, 0.3) is 77.9 Å². The van der Waals surface area contributed by atoms with E-state index in [4.69, 9.17) is 16.6 Å². The summed E-state index contributed by atoms with van der Waals surface area (Å²) in [5, 5.41) is 7.37. The van der Waals surface area contributed by atoms with Crippen molar-refractivity contribution in [3.8, 4) is 34.6 Å². The minimum Gasteiger partial charge on any atom is -0.455 e. The van der Waals surface area contributed by atoms with E-state index in [-0.39, 0.29) is 0 Å². The standard InChI is InChI=1S/C34H29NO.C27H23N/c1-3-9-26(23-35)11-5-4-10-25-16-18-27(19-17-25)28-20-24(2)21-29(22-28)30-13-8-14-32-31-12-6-7-15-33(31)36-34(30)32;1-3-11-22-23-14-7-8-15-24(23)25-16-9-10-17-26(25)27(22)18-19-28-20(2)21-12-5-4-6-13-21/h1,4-8,11-22H,9-10,23,35H2,2H3;3-19H,1-2H3/b5-4-,26-11+;11-3+,19-18-,28-20?. The molecule has 312 valence electrons. The van der Waals surface area contributed by atoms with Gasteiger partial charge in [0, 0.05) is 41.2 Å². The molecule has 0 amide bonds. The number of hydrogen-bond donors (Lipinski definition) is 1. The first-order chi connectivity index (χ1) is 31.4. The molecule has 0 fully saturated rings. The Morgan fingerprint density at radius 3 is 1.97 bits per heavy atom. The third-order valence-corrected chi connectivity index (χ3v) is 11.5. The Balaban J connectivity index is 0.000000181. The largest absolute Gasteiger partial charge is 0.455 e. The van der Waals surface area contributed by atoms with E-state index < -0.39 is 0 Å². The van der Waals surface area contributed by atoms with Gasteiger partial charge in [-0.3, -0.25) is 4.99 Å². The van der Waals surface area contributed by atoms with Crippen molar-refractivity contribution in [3.05, 3.63) is 228 Å². The maximum atomic E-state index is 6.29. The van der Waals surface area contributed by atoms with Crippen LogP contribution < -0.4 is 5.73 Å². The number of terminal acetylenes is 1. The van der Waals surface area contributed by atoms with E-state index in [2.05, 4.69) is 183 Å². The van der Waals surface area contributed by atoms with Gasteiger partial charge in [-0.15, -0.1) is 12.3 Å². The van der Waals surface area contributed by atoms with Crippen molar-refractivity contribution in [2.24, 2.45) is 10.7 Å². The SMILES string of the molecule is C#CC/C(=C\C=C/Cc1ccc(-c2cc(C)cc(-c3cccc4c3oc3ccccc34)c2)cc1)CN.C/C=C/c1c(/C=C\N=C(C)c2ccccc2)c2ccccc2c2ccccc12. The molecular formula is C61H52N2O. The highest BCUT2D eigenvalue weighted by molar-refractivity contribution is 6.15. The van der Waals surface area contributed by atoms with Gasteiger partial charge in [-0.25, -0.2) is 0 Å². The van der Waals surface area contributed by atoms with E-state index in [0.29, 0.717) is 13.0 Å². The highest BCUT2D eigenvalue weighted by Crippen LogP contribution is 2.38. The number of furan rings is 1. The van der Waals surface area contributed by atoms with Crippen LogP contribution in [0.5, 0.6) is 0 Å². The number of allylic oxidation sites excluding steroid dienone is 4. The third-order valence-electron chi connectivity index (χ3n) is 11.5. The highest BCUT2D eigenvalue weighted by Gasteiger charge is 2.14. The van der Waals surface area contributed by atoms with E-state index in [9.17, 15) is 0 Å². The minimum absolute atomic E-state index is 0.493. The first-order valence-corrected chi connectivity index (χ1v) is 21.9. The zero-order valence-electron chi connectivity index (χ0n) is 36.8. The molecule has 0 aliphatic heterocycles. The summed E-state index contributed by atoms with van der Waals surface area (Å²) < 4.78 is 6.29. The molecule has 1 heterocycles. The lowest BCUT2D eigenvalue weighted by Crippen LogP contribution is -2.01. The van der Waals surface area contributed by atoms with Gasteiger partial charge >= 0.3 is 0 Å². The van der Waals surface area contributed by atoms with Crippen molar-refractivity contribution in [1.82, 2.24) is 0 Å². The maximum absolute atomic E-state index is 6.29. The first kappa shape index (κ1) is 42.9. The van der Waals surface area contributed by atoms with Crippen molar-refractivity contribution in [1.29, 1.82) is 0 Å². The second kappa shape index (κ2) is 20.4. The number of aliphatic imine (C=N–C) groups is 1. The summed E-state index contributed by atoms with van der Waals surface area (Å²) in [6, 6.07) is 57.6. The summed E-state index contributed by atoms with van der Waals surface area (Å²) in [6.07, 6.45) is 21.4. The van der Waals surface area contributed by atoms with Gasteiger partial charge in [-0.1, -0.05) is 182 Å². The summed E-state index contributed by atoms with van der Waals surface area (Å²) in [7, 11) is 0. The molecule has 0 unspecified atom stereocenters. The number of fused-ring (bicyclic) bond motifs is 6. The van der Waals surface area contributed by atoms with Gasteiger partial charge in [0.2, 0.25) is 0 Å². The monoisotopic (exact) mass is 828 g/mol. The van der Waals surface area contributed by atoms with Crippen LogP contribution in [0.15, 0.2) is 209 Å². The van der Waals surface area contributed by atoms with Crippen LogP contribution in [0.3, 0.4) is 0 Å². The first-order valence-electron chi connectivity index (χ1n) is 21.9. The van der Waals surface area contributed by atoms with Gasteiger partial charge in [0.15, 0.2) is 0 Å². The zero-order valence-corrected chi connectivity index (χ0v) is 36.8. The summed E-state index contributed by atoms with van der Waals surface area (Å²) in [5.41, 5.74) is 20.4. The quantitative estimate of drug-likeness (QED) is 0.0611. The predicted octanol–water partition coefficient (Wildman–Crippen LogP) is 15.7.